The van der Waals surface area contributed by atoms with E-state index in [2.05, 4.69) is 9.62 Å². The first-order valence-corrected chi connectivity index (χ1v) is 9.69. The van der Waals surface area contributed by atoms with Gasteiger partial charge in [-0.05, 0) is 31.7 Å². The summed E-state index contributed by atoms with van der Waals surface area (Å²) in [6.45, 7) is 3.18. The maximum absolute atomic E-state index is 11.2. The Kier molecular flexibility index (Phi) is 4.59. The SMILES string of the molecule is CS(=O)(=O)NC[C@H]1CCC[C@]2(CCN(Cc3ccoc3)C2)O1. The van der Waals surface area contributed by atoms with Gasteiger partial charge in [-0.25, -0.2) is 13.1 Å². The molecule has 2 aliphatic rings. The highest BCUT2D eigenvalue weighted by molar-refractivity contribution is 7.88. The normalized spacial score (nSPS) is 30.1. The summed E-state index contributed by atoms with van der Waals surface area (Å²) in [5.41, 5.74) is 1.08. The van der Waals surface area contributed by atoms with E-state index in [-0.39, 0.29) is 11.7 Å². The van der Waals surface area contributed by atoms with Crippen molar-refractivity contribution >= 4 is 10.0 Å². The lowest BCUT2D eigenvalue weighted by atomic mass is 9.90. The Balaban J connectivity index is 1.55. The monoisotopic (exact) mass is 328 g/mol. The Hall–Kier alpha value is -0.890. The standard InChI is InChI=1S/C15H24N2O4S/c1-22(18,19)16-9-14-3-2-5-15(21-14)6-7-17(12-15)10-13-4-8-20-11-13/h4,8,11,14,16H,2-3,5-7,9-10,12H2,1H3/t14-,15-/m1/s1. The van der Waals surface area contributed by atoms with E-state index in [1.807, 2.05) is 6.07 Å². The number of sulfonamides is 1. The molecule has 22 heavy (non-hydrogen) atoms. The molecule has 3 heterocycles. The van der Waals surface area contributed by atoms with Crippen LogP contribution in [0.4, 0.5) is 0 Å². The minimum Gasteiger partial charge on any atom is -0.472 e. The van der Waals surface area contributed by atoms with E-state index >= 15 is 0 Å². The van der Waals surface area contributed by atoms with Crippen molar-refractivity contribution in [3.63, 3.8) is 0 Å². The number of hydrogen-bond donors (Lipinski definition) is 1. The largest absolute Gasteiger partial charge is 0.472 e. The van der Waals surface area contributed by atoms with E-state index < -0.39 is 10.0 Å². The highest BCUT2D eigenvalue weighted by Crippen LogP contribution is 2.37. The van der Waals surface area contributed by atoms with Crippen LogP contribution in [-0.2, 0) is 21.3 Å². The van der Waals surface area contributed by atoms with Crippen molar-refractivity contribution in [1.29, 1.82) is 0 Å². The Labute approximate surface area is 131 Å². The van der Waals surface area contributed by atoms with Crippen LogP contribution in [0.1, 0.15) is 31.2 Å². The highest BCUT2D eigenvalue weighted by Gasteiger charge is 2.42. The first-order chi connectivity index (χ1) is 10.4. The number of rotatable bonds is 5. The first-order valence-electron chi connectivity index (χ1n) is 7.80. The fraction of sp³-hybridized carbons (Fsp3) is 0.733. The summed E-state index contributed by atoms with van der Waals surface area (Å²) in [6.07, 6.45) is 8.74. The van der Waals surface area contributed by atoms with Crippen LogP contribution >= 0.6 is 0 Å². The van der Waals surface area contributed by atoms with Gasteiger partial charge in [0.1, 0.15) is 0 Å². The van der Waals surface area contributed by atoms with Crippen molar-refractivity contribution in [1.82, 2.24) is 9.62 Å². The van der Waals surface area contributed by atoms with Crippen LogP contribution in [0.2, 0.25) is 0 Å². The van der Waals surface area contributed by atoms with Crippen LogP contribution in [0.25, 0.3) is 0 Å². The topological polar surface area (TPSA) is 71.8 Å². The summed E-state index contributed by atoms with van der Waals surface area (Å²) in [7, 11) is -3.15. The third-order valence-corrected chi connectivity index (χ3v) is 5.22. The minimum atomic E-state index is -3.15. The molecule has 0 bridgehead atoms. The van der Waals surface area contributed by atoms with E-state index in [1.54, 1.807) is 12.5 Å². The van der Waals surface area contributed by atoms with Gasteiger partial charge in [0.15, 0.2) is 0 Å². The van der Waals surface area contributed by atoms with Gasteiger partial charge in [0.25, 0.3) is 0 Å². The third-order valence-electron chi connectivity index (χ3n) is 4.53. The number of nitrogens with zero attached hydrogens (tertiary/aromatic N) is 1. The number of likely N-dealkylation sites (tertiary alicyclic amines) is 1. The highest BCUT2D eigenvalue weighted by atomic mass is 32.2. The molecule has 2 fully saturated rings. The van der Waals surface area contributed by atoms with Gasteiger partial charge in [0.05, 0.1) is 30.5 Å². The molecule has 124 valence electrons. The van der Waals surface area contributed by atoms with Crippen molar-refractivity contribution in [2.75, 3.05) is 25.9 Å². The summed E-state index contributed by atoms with van der Waals surface area (Å²) < 4.78 is 36.4. The molecule has 6 nitrogen and oxygen atoms in total. The molecule has 1 aromatic rings. The average molecular weight is 328 g/mol. The summed E-state index contributed by atoms with van der Waals surface area (Å²) >= 11 is 0. The number of hydrogen-bond acceptors (Lipinski definition) is 5. The molecule has 3 rings (SSSR count). The Morgan fingerprint density at radius 1 is 1.45 bits per heavy atom. The molecule has 0 aromatic carbocycles. The molecule has 1 spiro atoms. The summed E-state index contributed by atoms with van der Waals surface area (Å²) in [5, 5.41) is 0. The van der Waals surface area contributed by atoms with E-state index in [0.29, 0.717) is 6.54 Å². The van der Waals surface area contributed by atoms with Gasteiger partial charge >= 0.3 is 0 Å². The van der Waals surface area contributed by atoms with Crippen LogP contribution < -0.4 is 4.72 Å². The van der Waals surface area contributed by atoms with Gasteiger partial charge in [0.2, 0.25) is 10.0 Å². The molecular formula is C15H24N2O4S. The molecule has 0 aliphatic carbocycles. The number of furan rings is 1. The third kappa shape index (κ3) is 4.10. The maximum atomic E-state index is 11.2. The van der Waals surface area contributed by atoms with Crippen LogP contribution in [0, 0.1) is 0 Å². The predicted octanol–water partition coefficient (Wildman–Crippen LogP) is 1.34. The molecule has 2 saturated heterocycles. The molecule has 2 aliphatic heterocycles. The smallest absolute Gasteiger partial charge is 0.208 e. The Bertz CT molecular complexity index is 587. The summed E-state index contributed by atoms with van der Waals surface area (Å²) in [5.74, 6) is 0. The number of ether oxygens (including phenoxy) is 1. The molecular weight excluding hydrogens is 304 g/mol. The van der Waals surface area contributed by atoms with Crippen molar-refractivity contribution < 1.29 is 17.6 Å². The second kappa shape index (κ2) is 6.31. The van der Waals surface area contributed by atoms with Crippen molar-refractivity contribution in [2.45, 2.75) is 43.9 Å². The second-order valence-electron chi connectivity index (χ2n) is 6.53. The quantitative estimate of drug-likeness (QED) is 0.883. The van der Waals surface area contributed by atoms with Gasteiger partial charge in [-0.15, -0.1) is 0 Å². The second-order valence-corrected chi connectivity index (χ2v) is 8.36. The minimum absolute atomic E-state index is 0.0163. The molecule has 1 N–H and O–H groups in total. The molecule has 0 amide bonds. The van der Waals surface area contributed by atoms with Gasteiger partial charge in [0, 0.05) is 31.7 Å². The van der Waals surface area contributed by atoms with Crippen molar-refractivity contribution in [3.05, 3.63) is 24.2 Å². The molecule has 0 saturated carbocycles. The van der Waals surface area contributed by atoms with Gasteiger partial charge in [-0.2, -0.15) is 0 Å². The molecule has 2 atom stereocenters. The lowest BCUT2D eigenvalue weighted by Gasteiger charge is -2.38. The van der Waals surface area contributed by atoms with Gasteiger partial charge in [-0.3, -0.25) is 4.90 Å². The fourth-order valence-electron chi connectivity index (χ4n) is 3.51. The van der Waals surface area contributed by atoms with Crippen LogP contribution in [0.3, 0.4) is 0 Å². The van der Waals surface area contributed by atoms with Crippen LogP contribution in [0.15, 0.2) is 23.0 Å². The van der Waals surface area contributed by atoms with Crippen molar-refractivity contribution in [3.8, 4) is 0 Å². The predicted molar refractivity (Wildman–Crippen MR) is 82.9 cm³/mol. The zero-order chi connectivity index (χ0) is 15.6. The van der Waals surface area contributed by atoms with E-state index in [1.165, 1.54) is 11.8 Å². The molecule has 0 radical (unpaired) electrons. The average Bonchev–Trinajstić information content (AvgIpc) is 3.08. The van der Waals surface area contributed by atoms with E-state index in [0.717, 1.165) is 45.3 Å². The summed E-state index contributed by atoms with van der Waals surface area (Å²) in [4.78, 5) is 2.39. The van der Waals surface area contributed by atoms with Crippen molar-refractivity contribution in [2.24, 2.45) is 0 Å². The Morgan fingerprint density at radius 3 is 3.05 bits per heavy atom. The maximum Gasteiger partial charge on any atom is 0.208 e. The molecule has 7 heteroatoms. The Morgan fingerprint density at radius 2 is 2.32 bits per heavy atom. The first kappa shape index (κ1) is 16.0. The van der Waals surface area contributed by atoms with Gasteiger partial charge < -0.3 is 9.15 Å². The molecule has 0 unspecified atom stereocenters. The van der Waals surface area contributed by atoms with E-state index in [9.17, 15) is 8.42 Å². The lowest BCUT2D eigenvalue weighted by molar-refractivity contribution is -0.118. The zero-order valence-electron chi connectivity index (χ0n) is 13.0. The van der Waals surface area contributed by atoms with Gasteiger partial charge in [-0.1, -0.05) is 0 Å². The number of nitrogens with one attached hydrogen (secondary N) is 1. The fourth-order valence-corrected chi connectivity index (χ4v) is 4.00. The van der Waals surface area contributed by atoms with E-state index in [4.69, 9.17) is 9.15 Å². The summed E-state index contributed by atoms with van der Waals surface area (Å²) in [6, 6.07) is 1.99. The zero-order valence-corrected chi connectivity index (χ0v) is 13.8. The van der Waals surface area contributed by atoms with Crippen LogP contribution in [-0.4, -0.2) is 50.9 Å². The lowest BCUT2D eigenvalue weighted by Crippen LogP contribution is -2.46. The van der Waals surface area contributed by atoms with Crippen LogP contribution in [0.5, 0.6) is 0 Å². The molecule has 1 aromatic heterocycles.